The van der Waals surface area contributed by atoms with Crippen molar-refractivity contribution in [1.82, 2.24) is 9.80 Å². The second-order valence-electron chi connectivity index (χ2n) is 5.29. The molecule has 2 rings (SSSR count). The van der Waals surface area contributed by atoms with Crippen LogP contribution in [0.15, 0.2) is 0 Å². The molecular formula is C13H23N3O2S. The zero-order valence-electron chi connectivity index (χ0n) is 11.5. The molecule has 6 heteroatoms. The number of rotatable bonds is 3. The molecule has 5 nitrogen and oxygen atoms in total. The fourth-order valence-electron chi connectivity index (χ4n) is 2.65. The first-order valence-corrected chi connectivity index (χ1v) is 7.44. The Morgan fingerprint density at radius 2 is 2.00 bits per heavy atom. The zero-order valence-corrected chi connectivity index (χ0v) is 12.3. The van der Waals surface area contributed by atoms with E-state index in [4.69, 9.17) is 22.7 Å². The third-order valence-electron chi connectivity index (χ3n) is 4.04. The van der Waals surface area contributed by atoms with Crippen LogP contribution in [0.5, 0.6) is 0 Å². The maximum Gasteiger partial charge on any atom is 0.251 e. The van der Waals surface area contributed by atoms with Gasteiger partial charge in [0, 0.05) is 32.8 Å². The van der Waals surface area contributed by atoms with E-state index >= 15 is 0 Å². The van der Waals surface area contributed by atoms with E-state index < -0.39 is 0 Å². The quantitative estimate of drug-likeness (QED) is 0.760. The largest absolute Gasteiger partial charge is 0.392 e. The summed E-state index contributed by atoms with van der Waals surface area (Å²) in [6, 6.07) is 0.109. The summed E-state index contributed by atoms with van der Waals surface area (Å²) >= 11 is 5.02. The van der Waals surface area contributed by atoms with Crippen LogP contribution in [0.3, 0.4) is 0 Å². The van der Waals surface area contributed by atoms with Gasteiger partial charge in [-0.3, -0.25) is 9.69 Å². The number of carbonyl (C=O) groups excluding carboxylic acids is 1. The van der Waals surface area contributed by atoms with Crippen molar-refractivity contribution in [3.63, 3.8) is 0 Å². The summed E-state index contributed by atoms with van der Waals surface area (Å²) in [5, 5.41) is 0. The molecule has 0 aromatic heterocycles. The molecule has 0 saturated carbocycles. The van der Waals surface area contributed by atoms with Gasteiger partial charge in [-0.15, -0.1) is 0 Å². The number of hydrogen-bond acceptors (Lipinski definition) is 4. The average molecular weight is 285 g/mol. The Hall–Kier alpha value is -0.720. The Labute approximate surface area is 120 Å². The van der Waals surface area contributed by atoms with E-state index in [2.05, 4.69) is 4.90 Å². The molecule has 0 aromatic rings. The van der Waals surface area contributed by atoms with Gasteiger partial charge in [0.25, 0.3) is 5.91 Å². The van der Waals surface area contributed by atoms with Crippen molar-refractivity contribution in [2.24, 2.45) is 5.73 Å². The summed E-state index contributed by atoms with van der Waals surface area (Å²) in [6.45, 7) is 5.88. The van der Waals surface area contributed by atoms with Crippen molar-refractivity contribution in [3.05, 3.63) is 0 Å². The van der Waals surface area contributed by atoms with Crippen molar-refractivity contribution in [3.8, 4) is 0 Å². The van der Waals surface area contributed by atoms with Gasteiger partial charge in [0.15, 0.2) is 0 Å². The Kier molecular flexibility index (Phi) is 5.13. The van der Waals surface area contributed by atoms with Gasteiger partial charge in [-0.05, 0) is 26.2 Å². The lowest BCUT2D eigenvalue weighted by atomic mass is 10.1. The van der Waals surface area contributed by atoms with Crippen molar-refractivity contribution >= 4 is 23.1 Å². The molecule has 0 bridgehead atoms. The molecule has 19 heavy (non-hydrogen) atoms. The van der Waals surface area contributed by atoms with E-state index in [0.717, 1.165) is 52.0 Å². The smallest absolute Gasteiger partial charge is 0.251 e. The summed E-state index contributed by atoms with van der Waals surface area (Å²) in [4.78, 5) is 17.0. The SMILES string of the molecule is CC(C(N)=S)N1CCN(C(=O)C2CCCCO2)CC1. The van der Waals surface area contributed by atoms with Gasteiger partial charge in [-0.1, -0.05) is 12.2 Å². The summed E-state index contributed by atoms with van der Waals surface area (Å²) in [5.41, 5.74) is 5.67. The van der Waals surface area contributed by atoms with Crippen LogP contribution in [-0.4, -0.2) is 65.6 Å². The number of ether oxygens (including phenoxy) is 1. The van der Waals surface area contributed by atoms with E-state index in [1.54, 1.807) is 0 Å². The summed E-state index contributed by atoms with van der Waals surface area (Å²) in [7, 11) is 0. The molecule has 0 spiro atoms. The fraction of sp³-hybridized carbons (Fsp3) is 0.846. The number of thiocarbonyl (C=S) groups is 1. The molecule has 0 aliphatic carbocycles. The Bertz CT molecular complexity index is 337. The van der Waals surface area contributed by atoms with Crippen LogP contribution < -0.4 is 5.73 Å². The van der Waals surface area contributed by atoms with Gasteiger partial charge in [0.1, 0.15) is 6.10 Å². The molecule has 0 radical (unpaired) electrons. The van der Waals surface area contributed by atoms with Crippen molar-refractivity contribution < 1.29 is 9.53 Å². The van der Waals surface area contributed by atoms with Crippen LogP contribution in [0.4, 0.5) is 0 Å². The van der Waals surface area contributed by atoms with Crippen LogP contribution in [0.25, 0.3) is 0 Å². The maximum atomic E-state index is 12.3. The Morgan fingerprint density at radius 3 is 2.53 bits per heavy atom. The normalized spacial score (nSPS) is 27.0. The number of amides is 1. The number of hydrogen-bond donors (Lipinski definition) is 1. The lowest BCUT2D eigenvalue weighted by Gasteiger charge is -2.39. The first-order valence-electron chi connectivity index (χ1n) is 7.03. The number of carbonyl (C=O) groups is 1. The third-order valence-corrected chi connectivity index (χ3v) is 4.38. The van der Waals surface area contributed by atoms with Crippen LogP contribution in [0.2, 0.25) is 0 Å². The highest BCUT2D eigenvalue weighted by Gasteiger charge is 2.30. The summed E-state index contributed by atoms with van der Waals surface area (Å²) in [5.74, 6) is 0.155. The zero-order chi connectivity index (χ0) is 13.8. The Morgan fingerprint density at radius 1 is 1.32 bits per heavy atom. The van der Waals surface area contributed by atoms with Gasteiger partial charge in [0.2, 0.25) is 0 Å². The van der Waals surface area contributed by atoms with E-state index in [1.807, 2.05) is 11.8 Å². The summed E-state index contributed by atoms with van der Waals surface area (Å²) < 4.78 is 5.56. The van der Waals surface area contributed by atoms with E-state index in [9.17, 15) is 4.79 Å². The van der Waals surface area contributed by atoms with E-state index in [1.165, 1.54) is 0 Å². The molecule has 0 aromatic carbocycles. The van der Waals surface area contributed by atoms with Crippen LogP contribution >= 0.6 is 12.2 Å². The first-order chi connectivity index (χ1) is 9.09. The third kappa shape index (κ3) is 3.64. The maximum absolute atomic E-state index is 12.3. The van der Waals surface area contributed by atoms with Gasteiger partial charge < -0.3 is 15.4 Å². The molecule has 2 saturated heterocycles. The molecular weight excluding hydrogens is 262 g/mol. The van der Waals surface area contributed by atoms with E-state index in [-0.39, 0.29) is 18.1 Å². The standard InChI is InChI=1S/C13H23N3O2S/c1-10(12(14)19)15-5-7-16(8-6-15)13(17)11-4-2-3-9-18-11/h10-11H,2-9H2,1H3,(H2,14,19). The monoisotopic (exact) mass is 285 g/mol. The topological polar surface area (TPSA) is 58.8 Å². The average Bonchev–Trinajstić information content (AvgIpc) is 2.46. The minimum absolute atomic E-state index is 0.109. The molecule has 2 N–H and O–H groups in total. The second-order valence-corrected chi connectivity index (χ2v) is 5.77. The molecule has 2 aliphatic heterocycles. The molecule has 2 unspecified atom stereocenters. The number of nitrogens with zero attached hydrogens (tertiary/aromatic N) is 2. The predicted molar refractivity (Wildman–Crippen MR) is 78.0 cm³/mol. The highest BCUT2D eigenvalue weighted by Crippen LogP contribution is 2.16. The van der Waals surface area contributed by atoms with Crippen LogP contribution in [-0.2, 0) is 9.53 Å². The summed E-state index contributed by atoms with van der Waals surface area (Å²) in [6.07, 6.45) is 2.81. The highest BCUT2D eigenvalue weighted by atomic mass is 32.1. The predicted octanol–water partition coefficient (Wildman–Crippen LogP) is 0.374. The van der Waals surface area contributed by atoms with Crippen molar-refractivity contribution in [1.29, 1.82) is 0 Å². The molecule has 2 fully saturated rings. The lowest BCUT2D eigenvalue weighted by molar-refractivity contribution is -0.148. The van der Waals surface area contributed by atoms with Crippen molar-refractivity contribution in [2.75, 3.05) is 32.8 Å². The molecule has 1 amide bonds. The molecule has 2 heterocycles. The minimum atomic E-state index is -0.215. The lowest BCUT2D eigenvalue weighted by Crippen LogP contribution is -2.55. The fourth-order valence-corrected chi connectivity index (χ4v) is 2.80. The van der Waals surface area contributed by atoms with E-state index in [0.29, 0.717) is 4.99 Å². The Balaban J connectivity index is 1.82. The number of nitrogens with two attached hydrogens (primary N) is 1. The minimum Gasteiger partial charge on any atom is -0.392 e. The van der Waals surface area contributed by atoms with Gasteiger partial charge in [0.05, 0.1) is 11.0 Å². The van der Waals surface area contributed by atoms with Crippen LogP contribution in [0, 0.1) is 0 Å². The number of piperazine rings is 1. The van der Waals surface area contributed by atoms with Crippen LogP contribution in [0.1, 0.15) is 26.2 Å². The van der Waals surface area contributed by atoms with Gasteiger partial charge in [-0.25, -0.2) is 0 Å². The van der Waals surface area contributed by atoms with Gasteiger partial charge >= 0.3 is 0 Å². The van der Waals surface area contributed by atoms with Gasteiger partial charge in [-0.2, -0.15) is 0 Å². The first kappa shape index (κ1) is 14.7. The molecule has 2 atom stereocenters. The molecule has 2 aliphatic rings. The molecule has 108 valence electrons. The highest BCUT2D eigenvalue weighted by molar-refractivity contribution is 7.80. The van der Waals surface area contributed by atoms with Crippen molar-refractivity contribution in [2.45, 2.75) is 38.3 Å². The second kappa shape index (κ2) is 6.63.